The van der Waals surface area contributed by atoms with Gasteiger partial charge in [0.2, 0.25) is 0 Å². The Morgan fingerprint density at radius 2 is 2.00 bits per heavy atom. The SMILES string of the molecule is COC(OC)C(N)c1c(Br)nnn1C. The molecule has 14 heavy (non-hydrogen) atoms. The van der Waals surface area contributed by atoms with Crippen molar-refractivity contribution in [1.82, 2.24) is 15.0 Å². The number of hydrogen-bond donors (Lipinski definition) is 1. The topological polar surface area (TPSA) is 75.2 Å². The van der Waals surface area contributed by atoms with Crippen molar-refractivity contribution in [2.75, 3.05) is 14.2 Å². The first-order chi connectivity index (χ1) is 6.61. The van der Waals surface area contributed by atoms with Crippen LogP contribution in [-0.4, -0.2) is 35.5 Å². The molecule has 0 bridgehead atoms. The molecule has 7 heteroatoms. The van der Waals surface area contributed by atoms with Crippen molar-refractivity contribution in [2.24, 2.45) is 12.8 Å². The lowest BCUT2D eigenvalue weighted by Gasteiger charge is -2.20. The zero-order chi connectivity index (χ0) is 10.7. The number of aryl methyl sites for hydroxylation is 1. The van der Waals surface area contributed by atoms with Crippen molar-refractivity contribution >= 4 is 15.9 Å². The molecule has 1 aromatic heterocycles. The number of methoxy groups -OCH3 is 2. The number of hydrogen-bond acceptors (Lipinski definition) is 5. The van der Waals surface area contributed by atoms with Gasteiger partial charge >= 0.3 is 0 Å². The van der Waals surface area contributed by atoms with E-state index in [1.165, 1.54) is 14.2 Å². The summed E-state index contributed by atoms with van der Waals surface area (Å²) in [4.78, 5) is 0. The molecule has 2 N–H and O–H groups in total. The van der Waals surface area contributed by atoms with E-state index in [9.17, 15) is 0 Å². The number of rotatable bonds is 4. The first-order valence-electron chi connectivity index (χ1n) is 3.98. The largest absolute Gasteiger partial charge is 0.354 e. The second kappa shape index (κ2) is 4.83. The van der Waals surface area contributed by atoms with Crippen LogP contribution < -0.4 is 5.73 Å². The summed E-state index contributed by atoms with van der Waals surface area (Å²) < 4.78 is 12.3. The molecule has 0 aromatic carbocycles. The molecule has 1 heterocycles. The number of ether oxygens (including phenoxy) is 2. The van der Waals surface area contributed by atoms with Gasteiger partial charge in [0, 0.05) is 21.3 Å². The van der Waals surface area contributed by atoms with Gasteiger partial charge in [-0.3, -0.25) is 0 Å². The molecule has 0 spiro atoms. The summed E-state index contributed by atoms with van der Waals surface area (Å²) in [6, 6.07) is -0.431. The Morgan fingerprint density at radius 1 is 1.43 bits per heavy atom. The molecule has 0 aliphatic carbocycles. The fourth-order valence-electron chi connectivity index (χ4n) is 1.21. The monoisotopic (exact) mass is 264 g/mol. The average molecular weight is 265 g/mol. The average Bonchev–Trinajstić information content (AvgIpc) is 2.48. The minimum absolute atomic E-state index is 0.431. The van der Waals surface area contributed by atoms with Crippen molar-refractivity contribution in [3.8, 4) is 0 Å². The fraction of sp³-hybridized carbons (Fsp3) is 0.714. The second-order valence-corrected chi connectivity index (χ2v) is 3.51. The fourth-order valence-corrected chi connectivity index (χ4v) is 1.80. The van der Waals surface area contributed by atoms with Gasteiger partial charge < -0.3 is 15.2 Å². The van der Waals surface area contributed by atoms with Gasteiger partial charge in [-0.25, -0.2) is 4.68 Å². The van der Waals surface area contributed by atoms with Gasteiger partial charge in [-0.1, -0.05) is 5.21 Å². The van der Waals surface area contributed by atoms with Crippen molar-refractivity contribution in [1.29, 1.82) is 0 Å². The zero-order valence-electron chi connectivity index (χ0n) is 8.27. The Bertz CT molecular complexity index is 280. The number of nitrogens with zero attached hydrogens (tertiary/aromatic N) is 3. The highest BCUT2D eigenvalue weighted by Gasteiger charge is 2.24. The Morgan fingerprint density at radius 3 is 2.36 bits per heavy atom. The number of aromatic nitrogens is 3. The maximum absolute atomic E-state index is 5.93. The van der Waals surface area contributed by atoms with E-state index in [0.29, 0.717) is 4.60 Å². The molecule has 6 nitrogen and oxygen atoms in total. The maximum Gasteiger partial charge on any atom is 0.177 e. The molecule has 1 atom stereocenters. The third-order valence-electron chi connectivity index (χ3n) is 1.90. The Labute approximate surface area is 90.5 Å². The molecule has 0 aliphatic heterocycles. The lowest BCUT2D eigenvalue weighted by atomic mass is 10.2. The summed E-state index contributed by atoms with van der Waals surface area (Å²) in [7, 11) is 4.83. The highest BCUT2D eigenvalue weighted by Crippen LogP contribution is 2.22. The highest BCUT2D eigenvalue weighted by atomic mass is 79.9. The van der Waals surface area contributed by atoms with E-state index in [-0.39, 0.29) is 0 Å². The first-order valence-corrected chi connectivity index (χ1v) is 4.77. The van der Waals surface area contributed by atoms with Crippen LogP contribution in [0, 0.1) is 0 Å². The quantitative estimate of drug-likeness (QED) is 0.787. The van der Waals surface area contributed by atoms with Gasteiger partial charge in [-0.2, -0.15) is 0 Å². The van der Waals surface area contributed by atoms with Crippen molar-refractivity contribution in [3.63, 3.8) is 0 Å². The van der Waals surface area contributed by atoms with Crippen LogP contribution >= 0.6 is 15.9 Å². The first kappa shape index (κ1) is 11.6. The van der Waals surface area contributed by atoms with Crippen LogP contribution in [0.1, 0.15) is 11.7 Å². The molecule has 1 rings (SSSR count). The van der Waals surface area contributed by atoms with Crippen LogP contribution in [0.2, 0.25) is 0 Å². The summed E-state index contributed by atoms with van der Waals surface area (Å²) in [5.41, 5.74) is 6.66. The third-order valence-corrected chi connectivity index (χ3v) is 2.47. The van der Waals surface area contributed by atoms with Crippen LogP contribution in [0.25, 0.3) is 0 Å². The molecular weight excluding hydrogens is 252 g/mol. The van der Waals surface area contributed by atoms with Crippen molar-refractivity contribution < 1.29 is 9.47 Å². The van der Waals surface area contributed by atoms with Gasteiger partial charge in [0.1, 0.15) is 6.04 Å². The lowest BCUT2D eigenvalue weighted by molar-refractivity contribution is -0.118. The van der Waals surface area contributed by atoms with E-state index in [0.717, 1.165) is 5.69 Å². The Balaban J connectivity index is 2.92. The van der Waals surface area contributed by atoms with E-state index in [1.807, 2.05) is 0 Å². The van der Waals surface area contributed by atoms with E-state index in [1.54, 1.807) is 11.7 Å². The van der Waals surface area contributed by atoms with Crippen molar-refractivity contribution in [3.05, 3.63) is 10.3 Å². The number of halogens is 1. The molecule has 0 saturated heterocycles. The minimum Gasteiger partial charge on any atom is -0.354 e. The molecule has 0 radical (unpaired) electrons. The van der Waals surface area contributed by atoms with Crippen LogP contribution in [0.15, 0.2) is 4.60 Å². The summed E-state index contributed by atoms with van der Waals surface area (Å²) >= 11 is 3.26. The van der Waals surface area contributed by atoms with Gasteiger partial charge in [-0.05, 0) is 15.9 Å². The minimum atomic E-state index is -0.511. The molecule has 1 unspecified atom stereocenters. The Hall–Kier alpha value is -0.500. The molecule has 0 aliphatic rings. The van der Waals surface area contributed by atoms with Gasteiger partial charge in [-0.15, -0.1) is 5.10 Å². The van der Waals surface area contributed by atoms with Gasteiger partial charge in [0.15, 0.2) is 10.9 Å². The third kappa shape index (κ3) is 2.11. The van der Waals surface area contributed by atoms with Crippen LogP contribution in [-0.2, 0) is 16.5 Å². The van der Waals surface area contributed by atoms with Crippen LogP contribution in [0.3, 0.4) is 0 Å². The summed E-state index contributed by atoms with van der Waals surface area (Å²) in [5.74, 6) is 0. The summed E-state index contributed by atoms with van der Waals surface area (Å²) in [6.45, 7) is 0. The van der Waals surface area contributed by atoms with E-state index in [2.05, 4.69) is 26.2 Å². The van der Waals surface area contributed by atoms with Crippen LogP contribution in [0.5, 0.6) is 0 Å². The lowest BCUT2D eigenvalue weighted by Crippen LogP contribution is -2.31. The molecule has 0 saturated carbocycles. The van der Waals surface area contributed by atoms with Crippen molar-refractivity contribution in [2.45, 2.75) is 12.3 Å². The van der Waals surface area contributed by atoms with E-state index in [4.69, 9.17) is 15.2 Å². The maximum atomic E-state index is 5.93. The zero-order valence-corrected chi connectivity index (χ0v) is 9.85. The predicted molar refractivity (Wildman–Crippen MR) is 53.4 cm³/mol. The summed E-state index contributed by atoms with van der Waals surface area (Å²) in [6.07, 6.45) is -0.511. The second-order valence-electron chi connectivity index (χ2n) is 2.75. The molecule has 0 amide bonds. The predicted octanol–water partition coefficient (Wildman–Crippen LogP) is 0.196. The summed E-state index contributed by atoms with van der Waals surface area (Å²) in [5, 5.41) is 7.64. The molecule has 80 valence electrons. The normalized spacial score (nSPS) is 13.6. The Kier molecular flexibility index (Phi) is 3.99. The molecule has 0 fully saturated rings. The van der Waals surface area contributed by atoms with Gasteiger partial charge in [0.25, 0.3) is 0 Å². The highest BCUT2D eigenvalue weighted by molar-refractivity contribution is 9.10. The van der Waals surface area contributed by atoms with Crippen LogP contribution in [0.4, 0.5) is 0 Å². The van der Waals surface area contributed by atoms with E-state index < -0.39 is 12.3 Å². The van der Waals surface area contributed by atoms with E-state index >= 15 is 0 Å². The number of nitrogens with two attached hydrogens (primary N) is 1. The standard InChI is InChI=1S/C7H13BrN4O2/c1-12-5(6(8)10-11-12)4(9)7(13-2)14-3/h4,7H,9H2,1-3H3. The molecule has 1 aromatic rings. The molecular formula is C7H13BrN4O2. The smallest absolute Gasteiger partial charge is 0.177 e. The van der Waals surface area contributed by atoms with Gasteiger partial charge in [0.05, 0.1) is 5.69 Å².